The molecule has 19 heavy (non-hydrogen) atoms. The molecule has 0 radical (unpaired) electrons. The Labute approximate surface area is 115 Å². The fourth-order valence-corrected chi connectivity index (χ4v) is 3.46. The lowest BCUT2D eigenvalue weighted by atomic mass is 9.94. The Kier molecular flexibility index (Phi) is 4.02. The molecule has 3 rings (SSSR count). The third-order valence-corrected chi connectivity index (χ3v) is 4.58. The molecule has 104 valence electrons. The fraction of sp³-hybridized carbons (Fsp3) is 0.625. The van der Waals surface area contributed by atoms with Gasteiger partial charge in [-0.2, -0.15) is 0 Å². The van der Waals surface area contributed by atoms with E-state index in [1.54, 1.807) is 12.1 Å². The van der Waals surface area contributed by atoms with Crippen molar-refractivity contribution in [3.63, 3.8) is 0 Å². The molecule has 2 aliphatic rings. The van der Waals surface area contributed by atoms with E-state index in [1.165, 1.54) is 38.2 Å². The van der Waals surface area contributed by atoms with Crippen LogP contribution in [0.4, 0.5) is 10.1 Å². The number of nitrogens with zero attached hydrogens (tertiary/aromatic N) is 2. The van der Waals surface area contributed by atoms with Crippen molar-refractivity contribution in [2.45, 2.75) is 38.1 Å². The largest absolute Gasteiger partial charge is 0.369 e. The van der Waals surface area contributed by atoms with E-state index >= 15 is 0 Å². The highest BCUT2D eigenvalue weighted by Gasteiger charge is 2.25. The second-order valence-corrected chi connectivity index (χ2v) is 5.79. The van der Waals surface area contributed by atoms with Gasteiger partial charge in [0.2, 0.25) is 0 Å². The summed E-state index contributed by atoms with van der Waals surface area (Å²) < 4.78 is 13.3. The average Bonchev–Trinajstić information content (AvgIpc) is 2.48. The minimum atomic E-state index is -0.132. The van der Waals surface area contributed by atoms with E-state index in [0.717, 1.165) is 37.9 Å². The second-order valence-electron chi connectivity index (χ2n) is 5.79. The summed E-state index contributed by atoms with van der Waals surface area (Å²) in [6.45, 7) is 4.31. The molecule has 0 bridgehead atoms. The molecule has 0 atom stereocenters. The number of anilines is 1. The molecule has 1 aromatic carbocycles. The first-order chi connectivity index (χ1) is 9.33. The number of rotatable bonds is 2. The first-order valence-corrected chi connectivity index (χ1v) is 7.57. The zero-order chi connectivity index (χ0) is 13.1. The molecule has 1 saturated heterocycles. The van der Waals surface area contributed by atoms with Crippen LogP contribution < -0.4 is 4.90 Å². The van der Waals surface area contributed by atoms with Crippen LogP contribution in [0.5, 0.6) is 0 Å². The molecular weight excluding hydrogens is 239 g/mol. The summed E-state index contributed by atoms with van der Waals surface area (Å²) in [4.78, 5) is 4.96. The summed E-state index contributed by atoms with van der Waals surface area (Å²) in [5, 5.41) is 0. The van der Waals surface area contributed by atoms with Crippen molar-refractivity contribution in [2.24, 2.45) is 0 Å². The molecule has 1 aromatic rings. The first-order valence-electron chi connectivity index (χ1n) is 7.57. The molecular formula is C16H23FN2. The zero-order valence-electron chi connectivity index (χ0n) is 11.5. The molecule has 0 spiro atoms. The van der Waals surface area contributed by atoms with Crippen LogP contribution in [0.1, 0.15) is 32.1 Å². The molecule has 2 nitrogen and oxygen atoms in total. The molecule has 1 aliphatic heterocycles. The number of hydrogen-bond donors (Lipinski definition) is 0. The summed E-state index contributed by atoms with van der Waals surface area (Å²) in [5.41, 5.74) is 1.03. The molecule has 1 heterocycles. The quantitative estimate of drug-likeness (QED) is 0.807. The van der Waals surface area contributed by atoms with Crippen LogP contribution in [-0.4, -0.2) is 37.1 Å². The molecule has 0 aromatic heterocycles. The Morgan fingerprint density at radius 1 is 0.947 bits per heavy atom. The first kappa shape index (κ1) is 12.9. The monoisotopic (exact) mass is 262 g/mol. The van der Waals surface area contributed by atoms with Crippen LogP contribution in [0.15, 0.2) is 24.3 Å². The summed E-state index contributed by atoms with van der Waals surface area (Å²) in [6, 6.07) is 7.79. The van der Waals surface area contributed by atoms with Gasteiger partial charge in [-0.05, 0) is 31.0 Å². The second kappa shape index (κ2) is 5.91. The summed E-state index contributed by atoms with van der Waals surface area (Å²) in [7, 11) is 0. The van der Waals surface area contributed by atoms with Gasteiger partial charge in [0.05, 0.1) is 0 Å². The number of halogens is 1. The maximum Gasteiger partial charge on any atom is 0.125 e. The van der Waals surface area contributed by atoms with Crippen LogP contribution in [0.25, 0.3) is 0 Å². The van der Waals surface area contributed by atoms with Gasteiger partial charge in [0.25, 0.3) is 0 Å². The fourth-order valence-electron chi connectivity index (χ4n) is 3.46. The van der Waals surface area contributed by atoms with Crippen LogP contribution in [0.2, 0.25) is 0 Å². The molecule has 0 amide bonds. The molecule has 0 N–H and O–H groups in total. The normalized spacial score (nSPS) is 22.7. The minimum absolute atomic E-state index is 0.132. The van der Waals surface area contributed by atoms with Gasteiger partial charge in [-0.15, -0.1) is 0 Å². The Hall–Kier alpha value is -1.09. The van der Waals surface area contributed by atoms with Gasteiger partial charge in [-0.3, -0.25) is 4.90 Å². The van der Waals surface area contributed by atoms with Gasteiger partial charge in [-0.25, -0.2) is 4.39 Å². The van der Waals surface area contributed by atoms with Crippen molar-refractivity contribution in [1.29, 1.82) is 0 Å². The Bertz CT molecular complexity index is 407. The summed E-state index contributed by atoms with van der Waals surface area (Å²) in [5.74, 6) is -0.132. The molecule has 3 heteroatoms. The number of benzene rings is 1. The SMILES string of the molecule is Fc1cccc(N2CCN(C3CCCCC3)CC2)c1. The lowest BCUT2D eigenvalue weighted by Crippen LogP contribution is -2.50. The molecule has 2 fully saturated rings. The van der Waals surface area contributed by atoms with Crippen molar-refractivity contribution in [3.05, 3.63) is 30.1 Å². The Morgan fingerprint density at radius 2 is 1.68 bits per heavy atom. The zero-order valence-corrected chi connectivity index (χ0v) is 11.5. The Morgan fingerprint density at radius 3 is 2.37 bits per heavy atom. The lowest BCUT2D eigenvalue weighted by molar-refractivity contribution is 0.148. The van der Waals surface area contributed by atoms with Gasteiger partial charge in [0, 0.05) is 37.9 Å². The maximum absolute atomic E-state index is 13.3. The third-order valence-electron chi connectivity index (χ3n) is 4.58. The van der Waals surface area contributed by atoms with E-state index in [9.17, 15) is 4.39 Å². The topological polar surface area (TPSA) is 6.48 Å². The van der Waals surface area contributed by atoms with E-state index < -0.39 is 0 Å². The average molecular weight is 262 g/mol. The van der Waals surface area contributed by atoms with Crippen molar-refractivity contribution in [2.75, 3.05) is 31.1 Å². The van der Waals surface area contributed by atoms with Gasteiger partial charge in [-0.1, -0.05) is 25.3 Å². The van der Waals surface area contributed by atoms with E-state index in [-0.39, 0.29) is 5.82 Å². The number of piperazine rings is 1. The van der Waals surface area contributed by atoms with Gasteiger partial charge < -0.3 is 4.90 Å². The molecule has 1 aliphatic carbocycles. The number of hydrogen-bond acceptors (Lipinski definition) is 2. The van der Waals surface area contributed by atoms with Crippen LogP contribution in [-0.2, 0) is 0 Å². The maximum atomic E-state index is 13.3. The van der Waals surface area contributed by atoms with Gasteiger partial charge >= 0.3 is 0 Å². The minimum Gasteiger partial charge on any atom is -0.369 e. The Balaban J connectivity index is 1.57. The lowest BCUT2D eigenvalue weighted by Gasteiger charge is -2.41. The predicted molar refractivity (Wildman–Crippen MR) is 77.1 cm³/mol. The van der Waals surface area contributed by atoms with Crippen molar-refractivity contribution in [1.82, 2.24) is 4.90 Å². The van der Waals surface area contributed by atoms with E-state index in [4.69, 9.17) is 0 Å². The summed E-state index contributed by atoms with van der Waals surface area (Å²) in [6.07, 6.45) is 6.96. The van der Waals surface area contributed by atoms with Gasteiger partial charge in [0.15, 0.2) is 0 Å². The van der Waals surface area contributed by atoms with Crippen LogP contribution in [0, 0.1) is 5.82 Å². The molecule has 0 unspecified atom stereocenters. The molecule has 1 saturated carbocycles. The van der Waals surface area contributed by atoms with E-state index in [0.29, 0.717) is 0 Å². The highest BCUT2D eigenvalue weighted by molar-refractivity contribution is 5.46. The van der Waals surface area contributed by atoms with E-state index in [2.05, 4.69) is 9.80 Å². The third kappa shape index (κ3) is 3.08. The van der Waals surface area contributed by atoms with Gasteiger partial charge in [0.1, 0.15) is 5.82 Å². The van der Waals surface area contributed by atoms with Crippen LogP contribution in [0.3, 0.4) is 0 Å². The standard InChI is InChI=1S/C16H23FN2/c17-14-5-4-8-16(13-14)19-11-9-18(10-12-19)15-6-2-1-3-7-15/h4-5,8,13,15H,1-3,6-7,9-12H2. The smallest absolute Gasteiger partial charge is 0.125 e. The van der Waals surface area contributed by atoms with Crippen molar-refractivity contribution >= 4 is 5.69 Å². The van der Waals surface area contributed by atoms with Crippen molar-refractivity contribution < 1.29 is 4.39 Å². The van der Waals surface area contributed by atoms with Crippen LogP contribution >= 0.6 is 0 Å². The predicted octanol–water partition coefficient (Wildman–Crippen LogP) is 3.28. The van der Waals surface area contributed by atoms with E-state index in [1.807, 2.05) is 6.07 Å². The highest BCUT2D eigenvalue weighted by atomic mass is 19.1. The highest BCUT2D eigenvalue weighted by Crippen LogP contribution is 2.25. The summed E-state index contributed by atoms with van der Waals surface area (Å²) >= 11 is 0. The van der Waals surface area contributed by atoms with Crippen molar-refractivity contribution in [3.8, 4) is 0 Å².